The summed E-state index contributed by atoms with van der Waals surface area (Å²) in [5.41, 5.74) is 0. The Balaban J connectivity index is 1.93. The maximum atomic E-state index is 11.4. The van der Waals surface area contributed by atoms with Crippen LogP contribution in [0.4, 0.5) is 0 Å². The normalized spacial score (nSPS) is 16.9. The van der Waals surface area contributed by atoms with Crippen molar-refractivity contribution in [3.05, 3.63) is 0 Å². The van der Waals surface area contributed by atoms with E-state index in [1.54, 1.807) is 7.11 Å². The van der Waals surface area contributed by atoms with Gasteiger partial charge in [-0.2, -0.15) is 0 Å². The molecule has 0 saturated heterocycles. The van der Waals surface area contributed by atoms with E-state index >= 15 is 0 Å². The number of nitrogens with one attached hydrogen (secondary N) is 1. The largest absolute Gasteiger partial charge is 0.385 e. The van der Waals surface area contributed by atoms with Crippen molar-refractivity contribution >= 4 is 17.7 Å². The van der Waals surface area contributed by atoms with E-state index < -0.39 is 0 Å². The zero-order valence-corrected chi connectivity index (χ0v) is 10.3. The van der Waals surface area contributed by atoms with Crippen LogP contribution in [0.3, 0.4) is 0 Å². The molecule has 15 heavy (non-hydrogen) atoms. The van der Waals surface area contributed by atoms with Crippen LogP contribution < -0.4 is 5.32 Å². The second kappa shape index (κ2) is 7.99. The molecule has 0 unspecified atom stereocenters. The molecule has 0 radical (unpaired) electrons. The summed E-state index contributed by atoms with van der Waals surface area (Å²) in [6.07, 6.45) is 6.17. The Hall–Kier alpha value is -0.220. The van der Waals surface area contributed by atoms with Gasteiger partial charge in [0.25, 0.3) is 0 Å². The Morgan fingerprint density at radius 3 is 2.87 bits per heavy atom. The molecule has 4 heteroatoms. The third kappa shape index (κ3) is 6.05. The average Bonchev–Trinajstić information content (AvgIpc) is 2.74. The van der Waals surface area contributed by atoms with E-state index in [0.717, 1.165) is 24.8 Å². The Labute approximate surface area is 96.3 Å². The quantitative estimate of drug-likeness (QED) is 0.679. The lowest BCUT2D eigenvalue weighted by atomic mass is 10.4. The minimum Gasteiger partial charge on any atom is -0.385 e. The van der Waals surface area contributed by atoms with Gasteiger partial charge in [-0.15, -0.1) is 11.8 Å². The summed E-state index contributed by atoms with van der Waals surface area (Å²) in [5, 5.41) is 3.63. The van der Waals surface area contributed by atoms with E-state index in [1.807, 2.05) is 11.8 Å². The Morgan fingerprint density at radius 2 is 2.20 bits per heavy atom. The van der Waals surface area contributed by atoms with Gasteiger partial charge in [0.1, 0.15) is 0 Å². The molecule has 0 bridgehead atoms. The zero-order chi connectivity index (χ0) is 10.9. The fourth-order valence-corrected chi connectivity index (χ4v) is 2.90. The van der Waals surface area contributed by atoms with Gasteiger partial charge in [0.2, 0.25) is 5.91 Å². The van der Waals surface area contributed by atoms with E-state index in [-0.39, 0.29) is 5.91 Å². The molecule has 0 heterocycles. The van der Waals surface area contributed by atoms with Crippen molar-refractivity contribution in [3.8, 4) is 0 Å². The van der Waals surface area contributed by atoms with Gasteiger partial charge in [0, 0.05) is 25.5 Å². The van der Waals surface area contributed by atoms with E-state index in [0.29, 0.717) is 5.75 Å². The second-order valence-corrected chi connectivity index (χ2v) is 5.20. The van der Waals surface area contributed by atoms with E-state index in [9.17, 15) is 4.79 Å². The predicted molar refractivity (Wildman–Crippen MR) is 64.2 cm³/mol. The molecular weight excluding hydrogens is 210 g/mol. The number of hydrogen-bond acceptors (Lipinski definition) is 3. The van der Waals surface area contributed by atoms with Crippen molar-refractivity contribution in [2.75, 3.05) is 26.0 Å². The van der Waals surface area contributed by atoms with Crippen LogP contribution in [0.15, 0.2) is 0 Å². The number of hydrogen-bond donors (Lipinski definition) is 1. The van der Waals surface area contributed by atoms with Gasteiger partial charge in [0.15, 0.2) is 0 Å². The van der Waals surface area contributed by atoms with Gasteiger partial charge in [-0.3, -0.25) is 4.79 Å². The molecule has 0 aromatic heterocycles. The van der Waals surface area contributed by atoms with Crippen LogP contribution in [0.25, 0.3) is 0 Å². The van der Waals surface area contributed by atoms with E-state index in [4.69, 9.17) is 4.74 Å². The van der Waals surface area contributed by atoms with Crippen LogP contribution in [0.1, 0.15) is 32.1 Å². The third-order valence-electron chi connectivity index (χ3n) is 2.60. The summed E-state index contributed by atoms with van der Waals surface area (Å²) in [6, 6.07) is 0. The lowest BCUT2D eigenvalue weighted by molar-refractivity contribution is -0.118. The van der Waals surface area contributed by atoms with Gasteiger partial charge in [0.05, 0.1) is 5.75 Å². The molecular formula is C11H21NO2S. The smallest absolute Gasteiger partial charge is 0.230 e. The molecule has 0 spiro atoms. The first kappa shape index (κ1) is 12.8. The molecule has 0 atom stereocenters. The highest BCUT2D eigenvalue weighted by Gasteiger charge is 2.16. The van der Waals surface area contributed by atoms with E-state index in [2.05, 4.69) is 5.32 Å². The Morgan fingerprint density at radius 1 is 1.47 bits per heavy atom. The number of carbonyl (C=O) groups is 1. The fourth-order valence-electron chi connectivity index (χ4n) is 1.74. The van der Waals surface area contributed by atoms with Gasteiger partial charge >= 0.3 is 0 Å². The molecule has 1 fully saturated rings. The summed E-state index contributed by atoms with van der Waals surface area (Å²) >= 11 is 1.81. The summed E-state index contributed by atoms with van der Waals surface area (Å²) in [7, 11) is 1.68. The van der Waals surface area contributed by atoms with Crippen LogP contribution in [-0.4, -0.2) is 37.2 Å². The van der Waals surface area contributed by atoms with Gasteiger partial charge < -0.3 is 10.1 Å². The molecule has 1 saturated carbocycles. The lowest BCUT2D eigenvalue weighted by Gasteiger charge is -2.08. The molecule has 0 aromatic rings. The minimum atomic E-state index is 0.169. The van der Waals surface area contributed by atoms with Crippen LogP contribution in [0.5, 0.6) is 0 Å². The number of carbonyl (C=O) groups excluding carboxylic acids is 1. The number of rotatable bonds is 7. The molecule has 3 nitrogen and oxygen atoms in total. The first-order valence-corrected chi connectivity index (χ1v) is 6.75. The third-order valence-corrected chi connectivity index (χ3v) is 3.97. The van der Waals surface area contributed by atoms with Gasteiger partial charge in [-0.25, -0.2) is 0 Å². The second-order valence-electron chi connectivity index (χ2n) is 3.91. The highest BCUT2D eigenvalue weighted by atomic mass is 32.2. The van der Waals surface area contributed by atoms with Crippen LogP contribution in [0, 0.1) is 0 Å². The highest BCUT2D eigenvalue weighted by Crippen LogP contribution is 2.28. The molecule has 0 aliphatic heterocycles. The average molecular weight is 231 g/mol. The molecule has 88 valence electrons. The van der Waals surface area contributed by atoms with Crippen molar-refractivity contribution in [2.45, 2.75) is 37.4 Å². The molecule has 1 aliphatic carbocycles. The van der Waals surface area contributed by atoms with Gasteiger partial charge in [-0.05, 0) is 19.3 Å². The minimum absolute atomic E-state index is 0.169. The molecule has 1 amide bonds. The van der Waals surface area contributed by atoms with Gasteiger partial charge in [-0.1, -0.05) is 12.8 Å². The maximum absolute atomic E-state index is 11.4. The van der Waals surface area contributed by atoms with Crippen molar-refractivity contribution in [1.82, 2.24) is 5.32 Å². The Kier molecular flexibility index (Phi) is 6.85. The van der Waals surface area contributed by atoms with Crippen LogP contribution >= 0.6 is 11.8 Å². The van der Waals surface area contributed by atoms with Crippen molar-refractivity contribution in [1.29, 1.82) is 0 Å². The number of methoxy groups -OCH3 is 1. The zero-order valence-electron chi connectivity index (χ0n) is 9.46. The Bertz CT molecular complexity index is 181. The molecule has 1 rings (SSSR count). The van der Waals surface area contributed by atoms with Crippen LogP contribution in [-0.2, 0) is 9.53 Å². The first-order valence-electron chi connectivity index (χ1n) is 5.70. The molecule has 1 N–H and O–H groups in total. The van der Waals surface area contributed by atoms with Crippen molar-refractivity contribution in [3.63, 3.8) is 0 Å². The summed E-state index contributed by atoms with van der Waals surface area (Å²) < 4.78 is 4.91. The lowest BCUT2D eigenvalue weighted by Crippen LogP contribution is -2.27. The fraction of sp³-hybridized carbons (Fsp3) is 0.909. The summed E-state index contributed by atoms with van der Waals surface area (Å²) in [4.78, 5) is 11.4. The summed E-state index contributed by atoms with van der Waals surface area (Å²) in [6.45, 7) is 1.45. The van der Waals surface area contributed by atoms with Crippen molar-refractivity contribution < 1.29 is 9.53 Å². The van der Waals surface area contributed by atoms with Crippen LogP contribution in [0.2, 0.25) is 0 Å². The SMILES string of the molecule is COCCCNC(=O)CSC1CCCC1. The molecule has 1 aliphatic rings. The van der Waals surface area contributed by atoms with E-state index in [1.165, 1.54) is 25.7 Å². The standard InChI is InChI=1S/C11H21NO2S/c1-14-8-4-7-12-11(13)9-15-10-5-2-3-6-10/h10H,2-9H2,1H3,(H,12,13). The number of thioether (sulfide) groups is 1. The predicted octanol–water partition coefficient (Wildman–Crippen LogP) is 1.81. The highest BCUT2D eigenvalue weighted by molar-refractivity contribution is 8.00. The number of amides is 1. The monoisotopic (exact) mass is 231 g/mol. The molecule has 0 aromatic carbocycles. The topological polar surface area (TPSA) is 38.3 Å². The summed E-state index contributed by atoms with van der Waals surface area (Å²) in [5.74, 6) is 0.792. The maximum Gasteiger partial charge on any atom is 0.230 e. The first-order chi connectivity index (χ1) is 7.33. The number of ether oxygens (including phenoxy) is 1. The van der Waals surface area contributed by atoms with Crippen molar-refractivity contribution in [2.24, 2.45) is 0 Å².